The fraction of sp³-hybridized carbons (Fsp3) is 0.581. The standard InChI is InChI=1S/C31H42N4O4Si/c1-22(37-29-9-7-8-16-36-29)30-32-14-15-35(30)21-25-19-28(38-34-25)27-13-12-23(20-33-27)10-11-24-17-26(18-24)39-40(5,6)31(2,3)4/h12-15,19-20,22,24,26,29H,7-9,16-18,21H2,1-6H3/t22-,24?,26?,29?/m0/s1. The van der Waals surface area contributed by atoms with Gasteiger partial charge < -0.3 is 23.0 Å². The molecular formula is C31H42N4O4Si. The fourth-order valence-corrected chi connectivity index (χ4v) is 6.15. The van der Waals surface area contributed by atoms with Crippen molar-refractivity contribution in [2.24, 2.45) is 5.92 Å². The van der Waals surface area contributed by atoms with E-state index < -0.39 is 8.32 Å². The Bertz CT molecular complexity index is 1320. The van der Waals surface area contributed by atoms with Gasteiger partial charge in [0.15, 0.2) is 20.4 Å². The van der Waals surface area contributed by atoms with Gasteiger partial charge in [-0.2, -0.15) is 0 Å². The van der Waals surface area contributed by atoms with E-state index >= 15 is 0 Å². The third-order valence-electron chi connectivity index (χ3n) is 8.30. The van der Waals surface area contributed by atoms with Gasteiger partial charge in [0.25, 0.3) is 0 Å². The summed E-state index contributed by atoms with van der Waals surface area (Å²) in [6.07, 6.45) is 10.7. The molecule has 1 aliphatic carbocycles. The third-order valence-corrected chi connectivity index (χ3v) is 12.8. The van der Waals surface area contributed by atoms with Crippen molar-refractivity contribution in [2.45, 2.75) is 103 Å². The second-order valence-electron chi connectivity index (χ2n) is 12.5. The SMILES string of the molecule is C[C@H](OC1CCCCO1)c1nccn1Cc1cc(-c2ccc(C#CC3CC(O[Si](C)(C)C(C)(C)C)C3)cn2)on1. The van der Waals surface area contributed by atoms with Gasteiger partial charge in [0.05, 0.1) is 6.54 Å². The van der Waals surface area contributed by atoms with E-state index in [-0.39, 0.29) is 17.4 Å². The monoisotopic (exact) mass is 562 g/mol. The molecule has 0 aromatic carbocycles. The largest absolute Gasteiger partial charge is 0.414 e. The Morgan fingerprint density at radius 1 is 1.18 bits per heavy atom. The molecule has 0 spiro atoms. The first-order valence-corrected chi connectivity index (χ1v) is 17.4. The zero-order valence-electron chi connectivity index (χ0n) is 24.6. The van der Waals surface area contributed by atoms with Crippen LogP contribution in [0.15, 0.2) is 41.3 Å². The van der Waals surface area contributed by atoms with E-state index in [1.54, 1.807) is 12.4 Å². The molecule has 1 aliphatic heterocycles. The Morgan fingerprint density at radius 3 is 2.70 bits per heavy atom. The molecule has 0 radical (unpaired) electrons. The lowest BCUT2D eigenvalue weighted by atomic mass is 9.83. The summed E-state index contributed by atoms with van der Waals surface area (Å²) in [6.45, 7) is 14.8. The molecule has 1 unspecified atom stereocenters. The summed E-state index contributed by atoms with van der Waals surface area (Å²) in [5.74, 6) is 8.54. The average Bonchev–Trinajstić information content (AvgIpc) is 3.56. The minimum Gasteiger partial charge on any atom is -0.414 e. The quantitative estimate of drug-likeness (QED) is 0.222. The van der Waals surface area contributed by atoms with E-state index in [1.807, 2.05) is 35.9 Å². The maximum Gasteiger partial charge on any atom is 0.192 e. The Hall–Kier alpha value is -2.77. The molecule has 5 rings (SSSR count). The summed E-state index contributed by atoms with van der Waals surface area (Å²) >= 11 is 0. The molecule has 1 saturated carbocycles. The molecule has 40 heavy (non-hydrogen) atoms. The molecule has 0 amide bonds. The predicted molar refractivity (Wildman–Crippen MR) is 156 cm³/mol. The summed E-state index contributed by atoms with van der Waals surface area (Å²) in [4.78, 5) is 9.09. The number of imidazole rings is 1. The Kier molecular flexibility index (Phi) is 8.62. The van der Waals surface area contributed by atoms with Crippen LogP contribution in [0.3, 0.4) is 0 Å². The number of nitrogens with zero attached hydrogens (tertiary/aromatic N) is 4. The number of pyridine rings is 1. The lowest BCUT2D eigenvalue weighted by Crippen LogP contribution is -2.47. The molecule has 3 aromatic heterocycles. The molecule has 2 aliphatic rings. The zero-order chi connectivity index (χ0) is 28.3. The van der Waals surface area contributed by atoms with Gasteiger partial charge >= 0.3 is 0 Å². The summed E-state index contributed by atoms with van der Waals surface area (Å²) < 4.78 is 26.0. The summed E-state index contributed by atoms with van der Waals surface area (Å²) in [7, 11) is -1.71. The highest BCUT2D eigenvalue weighted by Gasteiger charge is 2.42. The lowest BCUT2D eigenvalue weighted by Gasteiger charge is -2.43. The molecule has 4 heterocycles. The fourth-order valence-electron chi connectivity index (χ4n) is 4.77. The maximum atomic E-state index is 6.50. The van der Waals surface area contributed by atoms with Crippen molar-refractivity contribution >= 4 is 8.32 Å². The molecule has 3 aromatic rings. The highest BCUT2D eigenvalue weighted by Crippen LogP contribution is 2.41. The minimum absolute atomic E-state index is 0.168. The highest BCUT2D eigenvalue weighted by molar-refractivity contribution is 6.74. The van der Waals surface area contributed by atoms with E-state index in [0.29, 0.717) is 24.3 Å². The molecule has 0 N–H and O–H groups in total. The van der Waals surface area contributed by atoms with Crippen molar-refractivity contribution in [1.29, 1.82) is 0 Å². The van der Waals surface area contributed by atoms with Crippen LogP contribution in [0, 0.1) is 17.8 Å². The van der Waals surface area contributed by atoms with E-state index in [0.717, 1.165) is 61.5 Å². The Balaban J connectivity index is 1.14. The van der Waals surface area contributed by atoms with Gasteiger partial charge in [0, 0.05) is 48.8 Å². The molecule has 1 saturated heterocycles. The molecular weight excluding hydrogens is 520 g/mol. The van der Waals surface area contributed by atoms with Crippen LogP contribution in [0.2, 0.25) is 18.1 Å². The number of rotatable bonds is 8. The highest BCUT2D eigenvalue weighted by atomic mass is 28.4. The Morgan fingerprint density at radius 2 is 2.00 bits per heavy atom. The number of ether oxygens (including phenoxy) is 2. The van der Waals surface area contributed by atoms with Gasteiger partial charge in [-0.05, 0) is 69.3 Å². The Labute approximate surface area is 239 Å². The van der Waals surface area contributed by atoms with Gasteiger partial charge in [0.2, 0.25) is 0 Å². The van der Waals surface area contributed by atoms with Gasteiger partial charge in [-0.25, -0.2) is 4.98 Å². The smallest absolute Gasteiger partial charge is 0.192 e. The number of hydrogen-bond donors (Lipinski definition) is 0. The maximum absolute atomic E-state index is 6.50. The van der Waals surface area contributed by atoms with Gasteiger partial charge in [-0.1, -0.05) is 37.8 Å². The van der Waals surface area contributed by atoms with Gasteiger partial charge in [-0.15, -0.1) is 0 Å². The summed E-state index contributed by atoms with van der Waals surface area (Å²) in [5, 5.41) is 4.50. The normalized spacial score (nSPS) is 22.3. The van der Waals surface area contributed by atoms with Crippen molar-refractivity contribution in [3.05, 3.63) is 53.9 Å². The van der Waals surface area contributed by atoms with Crippen molar-refractivity contribution in [3.63, 3.8) is 0 Å². The molecule has 214 valence electrons. The molecule has 2 atom stereocenters. The predicted octanol–water partition coefficient (Wildman–Crippen LogP) is 6.74. The third kappa shape index (κ3) is 6.92. The van der Waals surface area contributed by atoms with E-state index in [4.69, 9.17) is 18.4 Å². The van der Waals surface area contributed by atoms with Crippen LogP contribution in [0.1, 0.15) is 83.0 Å². The van der Waals surface area contributed by atoms with Gasteiger partial charge in [0.1, 0.15) is 23.3 Å². The second kappa shape index (κ2) is 12.0. The first-order valence-electron chi connectivity index (χ1n) is 14.5. The average molecular weight is 563 g/mol. The van der Waals surface area contributed by atoms with Crippen LogP contribution < -0.4 is 0 Å². The topological polar surface area (TPSA) is 84.4 Å². The van der Waals surface area contributed by atoms with E-state index in [9.17, 15) is 0 Å². The van der Waals surface area contributed by atoms with E-state index in [2.05, 4.69) is 60.8 Å². The van der Waals surface area contributed by atoms with Crippen LogP contribution in [0.5, 0.6) is 0 Å². The first-order chi connectivity index (χ1) is 19.1. The first kappa shape index (κ1) is 28.7. The molecule has 2 fully saturated rings. The van der Waals surface area contributed by atoms with Gasteiger partial charge in [-0.3, -0.25) is 4.98 Å². The number of hydrogen-bond acceptors (Lipinski definition) is 7. The lowest BCUT2D eigenvalue weighted by molar-refractivity contribution is -0.188. The minimum atomic E-state index is -1.71. The molecule has 8 nitrogen and oxygen atoms in total. The van der Waals surface area contributed by atoms with Crippen molar-refractivity contribution in [1.82, 2.24) is 19.7 Å². The zero-order valence-corrected chi connectivity index (χ0v) is 25.6. The van der Waals surface area contributed by atoms with Crippen LogP contribution in [0.4, 0.5) is 0 Å². The van der Waals surface area contributed by atoms with Crippen LogP contribution in [-0.4, -0.2) is 47.0 Å². The second-order valence-corrected chi connectivity index (χ2v) is 17.3. The van der Waals surface area contributed by atoms with E-state index in [1.165, 1.54) is 0 Å². The molecule has 9 heteroatoms. The van der Waals surface area contributed by atoms with Crippen molar-refractivity contribution in [3.8, 4) is 23.3 Å². The van der Waals surface area contributed by atoms with Crippen LogP contribution in [0.25, 0.3) is 11.5 Å². The van der Waals surface area contributed by atoms with Crippen LogP contribution >= 0.6 is 0 Å². The summed E-state index contributed by atoms with van der Waals surface area (Å²) in [5.41, 5.74) is 2.42. The van der Waals surface area contributed by atoms with Crippen LogP contribution in [-0.2, 0) is 20.4 Å². The van der Waals surface area contributed by atoms with Crippen molar-refractivity contribution < 1.29 is 18.4 Å². The summed E-state index contributed by atoms with van der Waals surface area (Å²) in [6, 6.07) is 5.84. The molecule has 0 bridgehead atoms. The van der Waals surface area contributed by atoms with Crippen molar-refractivity contribution in [2.75, 3.05) is 6.61 Å². The number of aromatic nitrogens is 4.